The van der Waals surface area contributed by atoms with E-state index in [1.807, 2.05) is 0 Å². The van der Waals surface area contributed by atoms with E-state index in [1.54, 1.807) is 0 Å². The number of anilines is 1. The third-order valence-electron chi connectivity index (χ3n) is 8.79. The molecule has 0 saturated heterocycles. The first-order chi connectivity index (χ1) is 18.9. The molecule has 1 unspecified atom stereocenters. The van der Waals surface area contributed by atoms with Crippen LogP contribution in [-0.4, -0.2) is 47.5 Å². The molecule has 40 heavy (non-hydrogen) atoms. The van der Waals surface area contributed by atoms with E-state index in [1.165, 1.54) is 37.8 Å². The molecule has 3 saturated carbocycles. The maximum absolute atomic E-state index is 15.1. The van der Waals surface area contributed by atoms with Gasteiger partial charge in [-0.25, -0.2) is 4.39 Å². The van der Waals surface area contributed by atoms with E-state index in [0.29, 0.717) is 12.1 Å². The molecule has 2 aromatic rings. The summed E-state index contributed by atoms with van der Waals surface area (Å²) in [6.45, 7) is 2.10. The highest BCUT2D eigenvalue weighted by Gasteiger charge is 2.58. The normalized spacial score (nSPS) is 26.3. The molecule has 1 atom stereocenters. The number of fused-ring (bicyclic) bond motifs is 1. The first-order valence-corrected chi connectivity index (χ1v) is 14.0. The van der Waals surface area contributed by atoms with Crippen molar-refractivity contribution in [3.63, 3.8) is 0 Å². The van der Waals surface area contributed by atoms with Crippen LogP contribution in [0.25, 0.3) is 0 Å². The molecule has 0 spiro atoms. The quantitative estimate of drug-likeness (QED) is 0.406. The Bertz CT molecular complexity index is 1340. The standard InChI is InChI=1S/C29H30ClF4N3O3/c30-21-2-1-3-22(31)25(21)28(40)24-20(29(32,33)34)10-18(26(35)38)11-23(24)37(27(28)39)14-17-8-19(9-17)36(12-15-4-5-15)13-16-6-7-16/h1-3,10-11,15-17,19,40H,4-9,12-14H2,(H2,35,38). The summed E-state index contributed by atoms with van der Waals surface area (Å²) in [4.78, 5) is 29.5. The Morgan fingerprint density at radius 3 is 2.23 bits per heavy atom. The molecule has 0 aromatic heterocycles. The van der Waals surface area contributed by atoms with Gasteiger partial charge in [0.15, 0.2) is 0 Å². The van der Waals surface area contributed by atoms with E-state index < -0.39 is 56.7 Å². The largest absolute Gasteiger partial charge is 0.416 e. The molecule has 11 heteroatoms. The predicted molar refractivity (Wildman–Crippen MR) is 140 cm³/mol. The summed E-state index contributed by atoms with van der Waals surface area (Å²) in [6, 6.07) is 5.23. The Morgan fingerprint density at radius 1 is 1.07 bits per heavy atom. The maximum Gasteiger partial charge on any atom is 0.416 e. The third-order valence-corrected chi connectivity index (χ3v) is 9.10. The fourth-order valence-corrected chi connectivity index (χ4v) is 6.60. The molecular weight excluding hydrogens is 550 g/mol. The van der Waals surface area contributed by atoms with Gasteiger partial charge in [-0.2, -0.15) is 13.2 Å². The number of primary amides is 1. The second kappa shape index (κ2) is 9.70. The minimum Gasteiger partial charge on any atom is -0.372 e. The number of nitrogens with two attached hydrogens (primary N) is 1. The molecule has 4 aliphatic rings. The first-order valence-electron chi connectivity index (χ1n) is 13.7. The molecule has 2 aromatic carbocycles. The molecule has 0 radical (unpaired) electrons. The monoisotopic (exact) mass is 579 g/mol. The highest BCUT2D eigenvalue weighted by atomic mass is 35.5. The van der Waals surface area contributed by atoms with Crippen molar-refractivity contribution < 1.29 is 32.3 Å². The average Bonchev–Trinajstić information content (AvgIpc) is 3.78. The molecule has 2 amide bonds. The van der Waals surface area contributed by atoms with E-state index in [4.69, 9.17) is 17.3 Å². The Balaban J connectivity index is 1.37. The van der Waals surface area contributed by atoms with Gasteiger partial charge in [0.05, 0.1) is 21.8 Å². The molecule has 3 aliphatic carbocycles. The molecular formula is C29H30ClF4N3O3. The molecule has 1 aliphatic heterocycles. The Labute approximate surface area is 234 Å². The van der Waals surface area contributed by atoms with E-state index >= 15 is 4.39 Å². The van der Waals surface area contributed by atoms with Gasteiger partial charge < -0.3 is 15.7 Å². The number of alkyl halides is 3. The number of aliphatic hydroxyl groups is 1. The zero-order valence-corrected chi connectivity index (χ0v) is 22.4. The van der Waals surface area contributed by atoms with Gasteiger partial charge in [-0.15, -0.1) is 0 Å². The van der Waals surface area contributed by atoms with E-state index in [2.05, 4.69) is 4.90 Å². The number of hydrogen-bond acceptors (Lipinski definition) is 4. The van der Waals surface area contributed by atoms with Crippen LogP contribution in [0, 0.1) is 23.6 Å². The van der Waals surface area contributed by atoms with Crippen molar-refractivity contribution in [1.82, 2.24) is 4.90 Å². The Morgan fingerprint density at radius 2 is 1.70 bits per heavy atom. The highest BCUT2D eigenvalue weighted by molar-refractivity contribution is 6.32. The molecule has 214 valence electrons. The zero-order chi connectivity index (χ0) is 28.6. The fraction of sp³-hybridized carbons (Fsp3) is 0.517. The minimum atomic E-state index is -5.09. The van der Waals surface area contributed by atoms with Crippen LogP contribution in [-0.2, 0) is 16.6 Å². The Hall–Kier alpha value is -2.69. The average molecular weight is 580 g/mol. The van der Waals surface area contributed by atoms with Crippen molar-refractivity contribution >= 4 is 29.1 Å². The molecule has 1 heterocycles. The smallest absolute Gasteiger partial charge is 0.372 e. The number of carbonyl (C=O) groups excluding carboxylic acids is 2. The lowest BCUT2D eigenvalue weighted by molar-refractivity contribution is -0.142. The number of hydrogen-bond donors (Lipinski definition) is 2. The van der Waals surface area contributed by atoms with Gasteiger partial charge in [-0.3, -0.25) is 14.5 Å². The van der Waals surface area contributed by atoms with E-state index in [9.17, 15) is 27.9 Å². The van der Waals surface area contributed by atoms with Crippen LogP contribution < -0.4 is 10.6 Å². The number of amides is 2. The molecule has 3 N–H and O–H groups in total. The summed E-state index contributed by atoms with van der Waals surface area (Å²) in [5.41, 5.74) is -1.53. The lowest BCUT2D eigenvalue weighted by atomic mass is 9.78. The van der Waals surface area contributed by atoms with E-state index in [-0.39, 0.29) is 18.2 Å². The second-order valence-corrected chi connectivity index (χ2v) is 12.2. The van der Waals surface area contributed by atoms with Gasteiger partial charge in [0, 0.05) is 36.8 Å². The molecule has 0 bridgehead atoms. The molecule has 3 fully saturated rings. The number of carbonyl (C=O) groups is 2. The van der Waals surface area contributed by atoms with Crippen LogP contribution in [0.3, 0.4) is 0 Å². The van der Waals surface area contributed by atoms with Crippen molar-refractivity contribution in [3.8, 4) is 0 Å². The van der Waals surface area contributed by atoms with Crippen LogP contribution in [0.5, 0.6) is 0 Å². The second-order valence-electron chi connectivity index (χ2n) is 11.8. The van der Waals surface area contributed by atoms with Crippen LogP contribution in [0.15, 0.2) is 30.3 Å². The lowest BCUT2D eigenvalue weighted by Gasteiger charge is -2.44. The summed E-state index contributed by atoms with van der Waals surface area (Å²) < 4.78 is 58.2. The SMILES string of the molecule is NC(=O)c1cc2c(c(C(F)(F)F)c1)C(O)(c1c(F)cccc1Cl)C(=O)N2CC1CC(N(CC2CC2)CC2CC2)C1. The number of benzene rings is 2. The zero-order valence-electron chi connectivity index (χ0n) is 21.7. The maximum atomic E-state index is 15.1. The fourth-order valence-electron chi connectivity index (χ4n) is 6.30. The summed E-state index contributed by atoms with van der Waals surface area (Å²) >= 11 is 6.19. The number of nitrogens with zero attached hydrogens (tertiary/aromatic N) is 2. The van der Waals surface area contributed by atoms with E-state index in [0.717, 1.165) is 54.8 Å². The predicted octanol–water partition coefficient (Wildman–Crippen LogP) is 5.08. The Kier molecular flexibility index (Phi) is 6.66. The topological polar surface area (TPSA) is 86.9 Å². The summed E-state index contributed by atoms with van der Waals surface area (Å²) in [5, 5.41) is 11.4. The lowest BCUT2D eigenvalue weighted by Crippen LogP contribution is -2.51. The number of halogens is 5. The van der Waals surface area contributed by atoms with Gasteiger partial charge in [-0.05, 0) is 80.5 Å². The van der Waals surface area contributed by atoms with Crippen molar-refractivity contribution in [2.45, 2.75) is 56.3 Å². The summed E-state index contributed by atoms with van der Waals surface area (Å²) in [7, 11) is 0. The number of rotatable bonds is 9. The summed E-state index contributed by atoms with van der Waals surface area (Å²) in [6.07, 6.45) is 1.34. The molecule has 6 rings (SSSR count). The van der Waals surface area contributed by atoms with Gasteiger partial charge in [0.1, 0.15) is 5.82 Å². The van der Waals surface area contributed by atoms with Crippen molar-refractivity contribution in [1.29, 1.82) is 0 Å². The third kappa shape index (κ3) is 4.77. The van der Waals surface area contributed by atoms with Gasteiger partial charge in [-0.1, -0.05) is 17.7 Å². The summed E-state index contributed by atoms with van der Waals surface area (Å²) in [5.74, 6) is -2.00. The van der Waals surface area contributed by atoms with Crippen LogP contribution in [0.4, 0.5) is 23.2 Å². The first kappa shape index (κ1) is 27.5. The van der Waals surface area contributed by atoms with Gasteiger partial charge in [0.2, 0.25) is 11.5 Å². The van der Waals surface area contributed by atoms with Crippen molar-refractivity contribution in [2.24, 2.45) is 23.5 Å². The van der Waals surface area contributed by atoms with Gasteiger partial charge in [0.25, 0.3) is 5.91 Å². The van der Waals surface area contributed by atoms with Gasteiger partial charge >= 0.3 is 6.18 Å². The molecule has 6 nitrogen and oxygen atoms in total. The van der Waals surface area contributed by atoms with Crippen LogP contribution in [0.2, 0.25) is 5.02 Å². The highest BCUT2D eigenvalue weighted by Crippen LogP contribution is 2.53. The van der Waals surface area contributed by atoms with Crippen LogP contribution >= 0.6 is 11.6 Å². The van der Waals surface area contributed by atoms with Crippen molar-refractivity contribution in [2.75, 3.05) is 24.5 Å². The van der Waals surface area contributed by atoms with Crippen molar-refractivity contribution in [3.05, 3.63) is 63.4 Å². The minimum absolute atomic E-state index is 0.0108. The van der Waals surface area contributed by atoms with Crippen LogP contribution in [0.1, 0.15) is 65.6 Å².